The summed E-state index contributed by atoms with van der Waals surface area (Å²) in [7, 11) is 0. The average Bonchev–Trinajstić information content (AvgIpc) is 1.14. The minimum Gasteiger partial charge on any atom is -0.416 e. The van der Waals surface area contributed by atoms with Crippen molar-refractivity contribution in [2.24, 2.45) is 0 Å². The lowest BCUT2D eigenvalue weighted by Crippen LogP contribution is -2.28. The van der Waals surface area contributed by atoms with Gasteiger partial charge >= 0.3 is 9.73 Å². The second-order valence-corrected chi connectivity index (χ2v) is 36.6. The lowest BCUT2D eigenvalue weighted by Gasteiger charge is -2.18. The second-order valence-electron chi connectivity index (χ2n) is 1.36. The van der Waals surface area contributed by atoms with Crippen molar-refractivity contribution in [1.82, 2.24) is 0 Å². The van der Waals surface area contributed by atoms with Gasteiger partial charge in [0.1, 0.15) is 0 Å². The van der Waals surface area contributed by atoms with Crippen LogP contribution in [0.5, 0.6) is 0 Å². The molecule has 0 unspecified atom stereocenters. The summed E-state index contributed by atoms with van der Waals surface area (Å²) >= 11 is 16.8. The highest BCUT2D eigenvalue weighted by Gasteiger charge is 2.34. The van der Waals surface area contributed by atoms with Gasteiger partial charge in [-0.05, 0) is 6.55 Å². The van der Waals surface area contributed by atoms with Gasteiger partial charge < -0.3 is 4.12 Å². The van der Waals surface area contributed by atoms with Crippen LogP contribution in [0, 0.1) is 0 Å². The number of halogens is 5. The van der Waals surface area contributed by atoms with E-state index in [9.17, 15) is 0 Å². The van der Waals surface area contributed by atoms with Gasteiger partial charge in [0, 0.05) is 0 Å². The van der Waals surface area contributed by atoms with Gasteiger partial charge in [-0.3, -0.25) is 0 Å². The van der Waals surface area contributed by atoms with Gasteiger partial charge in [0.15, 0.2) is 0 Å². The number of rotatable bonds is 2. The highest BCUT2D eigenvalue weighted by Crippen LogP contribution is 2.36. The van der Waals surface area contributed by atoms with Gasteiger partial charge in [-0.1, -0.05) is 76.5 Å². The summed E-state index contributed by atoms with van der Waals surface area (Å²) < 4.78 is 3.60. The van der Waals surface area contributed by atoms with Crippen LogP contribution in [-0.2, 0) is 4.12 Å². The van der Waals surface area contributed by atoms with Crippen LogP contribution < -0.4 is 0 Å². The van der Waals surface area contributed by atoms with E-state index in [1.807, 2.05) is 6.55 Å². The van der Waals surface area contributed by atoms with E-state index in [0.29, 0.717) is 0 Å². The highest BCUT2D eigenvalue weighted by molar-refractivity contribution is 9.71. The minimum absolute atomic E-state index is 1.75. The van der Waals surface area contributed by atoms with Crippen molar-refractivity contribution in [2.75, 3.05) is 0 Å². The van der Waals surface area contributed by atoms with Crippen LogP contribution in [0.4, 0.5) is 0 Å². The van der Waals surface area contributed by atoms with E-state index >= 15 is 0 Å². The number of hydrogen-bond acceptors (Lipinski definition) is 1. The molecule has 0 spiro atoms. The van der Waals surface area contributed by atoms with Crippen LogP contribution in [0.3, 0.4) is 0 Å². The highest BCUT2D eigenvalue weighted by atomic mass is 80.0. The van der Waals surface area contributed by atoms with E-state index in [0.717, 1.165) is 0 Å². The monoisotopic (exact) mass is 482 g/mol. The van der Waals surface area contributed by atoms with Gasteiger partial charge in [0.05, 0.1) is 0 Å². The molecule has 56 valence electrons. The molecule has 0 saturated carbocycles. The molecule has 0 N–H and O–H groups in total. The first kappa shape index (κ1) is 11.8. The molecule has 0 rings (SSSR count). The normalized spacial score (nSPS) is 14.0. The maximum Gasteiger partial charge on any atom is 0.400 e. The van der Waals surface area contributed by atoms with Crippen LogP contribution in [0.1, 0.15) is 0 Å². The maximum atomic E-state index is 5.49. The molecule has 0 saturated heterocycles. The number of hydrogen-bond donors (Lipinski definition) is 0. The van der Waals surface area contributed by atoms with Crippen LogP contribution >= 0.6 is 76.5 Å². The van der Waals surface area contributed by atoms with Crippen LogP contribution in [0.2, 0.25) is 6.55 Å². The Labute approximate surface area is 95.4 Å². The van der Waals surface area contributed by atoms with Crippen LogP contribution in [0.25, 0.3) is 0 Å². The zero-order chi connectivity index (χ0) is 7.71. The van der Waals surface area contributed by atoms with Gasteiger partial charge in [-0.2, -0.15) is 0 Å². The largest absolute Gasteiger partial charge is 0.416 e. The molecule has 0 aliphatic rings. The molecule has 0 aromatic carbocycles. The molecule has 0 aromatic rings. The summed E-state index contributed by atoms with van der Waals surface area (Å²) in [6.45, 7) is 1.98. The fraction of sp³-hybridized carbons (Fsp3) is 1.00. The predicted molar refractivity (Wildman–Crippen MR) is 63.1 cm³/mol. The molecule has 0 aromatic heterocycles. The maximum absolute atomic E-state index is 5.49. The molecule has 0 heterocycles. The summed E-state index contributed by atoms with van der Waals surface area (Å²) in [5.41, 5.74) is -1.75. The first-order chi connectivity index (χ1) is 3.71. The van der Waals surface area contributed by atoms with Crippen molar-refractivity contribution in [2.45, 2.75) is 6.55 Å². The van der Waals surface area contributed by atoms with Gasteiger partial charge in [-0.15, -0.1) is 0 Å². The van der Waals surface area contributed by atoms with Crippen molar-refractivity contribution < 1.29 is 4.12 Å². The van der Waals surface area contributed by atoms with Crippen molar-refractivity contribution >= 4 is 86.2 Å². The lowest BCUT2D eigenvalue weighted by molar-refractivity contribution is 0.646. The van der Waals surface area contributed by atoms with E-state index in [1.54, 1.807) is 0 Å². The quantitative estimate of drug-likeness (QED) is 0.424. The molecule has 9 heavy (non-hydrogen) atoms. The van der Waals surface area contributed by atoms with Crippen LogP contribution in [0.15, 0.2) is 0 Å². The molecule has 0 radical (unpaired) electrons. The van der Waals surface area contributed by atoms with Gasteiger partial charge in [0.25, 0.3) is 0 Å². The Morgan fingerprint density at radius 1 is 1.00 bits per heavy atom. The zero-order valence-electron chi connectivity index (χ0n) is 4.30. The molecule has 0 aliphatic carbocycles. The Morgan fingerprint density at radius 3 is 1.33 bits per heavy atom. The Hall–Kier alpha value is 2.79. The Bertz CT molecular complexity index is 80.1. The van der Waals surface area contributed by atoms with Crippen LogP contribution in [-0.4, -0.2) is 9.73 Å². The first-order valence-corrected chi connectivity index (χ1v) is 17.5. The lowest BCUT2D eigenvalue weighted by atomic mass is 11.9. The first-order valence-electron chi connectivity index (χ1n) is 1.85. The van der Waals surface area contributed by atoms with Gasteiger partial charge in [-0.25, -0.2) is 0 Å². The zero-order valence-corrected chi connectivity index (χ0v) is 14.2. The Morgan fingerprint density at radius 2 is 1.33 bits per heavy atom. The topological polar surface area (TPSA) is 9.23 Å². The molecule has 0 atom stereocenters. The van der Waals surface area contributed by atoms with E-state index in [1.165, 1.54) is 0 Å². The fourth-order valence-corrected chi connectivity index (χ4v) is 26.7. The summed E-state index contributed by atoms with van der Waals surface area (Å²) in [6, 6.07) is 0. The van der Waals surface area contributed by atoms with E-state index in [2.05, 4.69) is 76.5 Å². The third kappa shape index (κ3) is 10.8. The predicted octanol–water partition coefficient (Wildman–Crippen LogP) is 3.98. The minimum atomic E-state index is -1.89. The molecular formula is CH3Br5OSi2. The second kappa shape index (κ2) is 4.15. The van der Waals surface area contributed by atoms with Crippen molar-refractivity contribution in [1.29, 1.82) is 0 Å². The molecule has 1 nitrogen and oxygen atoms in total. The summed E-state index contributed by atoms with van der Waals surface area (Å²) in [5.74, 6) is 0. The van der Waals surface area contributed by atoms with E-state index < -0.39 is 9.73 Å². The third-order valence-corrected chi connectivity index (χ3v) is 9.94. The standard InChI is InChI=1S/CH3Br5OSi2/c1-8(2,3)7-9(4,5)6/h1H3. The fourth-order valence-electron chi connectivity index (χ4n) is 0.203. The molecule has 0 aliphatic heterocycles. The Balaban J connectivity index is 3.75. The van der Waals surface area contributed by atoms with E-state index in [4.69, 9.17) is 4.12 Å². The summed E-state index contributed by atoms with van der Waals surface area (Å²) in [4.78, 5) is 0. The van der Waals surface area contributed by atoms with Crippen molar-refractivity contribution in [3.8, 4) is 0 Å². The molecule has 8 heteroatoms. The molecule has 0 fully saturated rings. The third-order valence-electron chi connectivity index (χ3n) is 0.295. The average molecular weight is 487 g/mol. The summed E-state index contributed by atoms with van der Waals surface area (Å²) in [5, 5.41) is 0. The molecule has 0 amide bonds. The van der Waals surface area contributed by atoms with Crippen molar-refractivity contribution in [3.63, 3.8) is 0 Å². The van der Waals surface area contributed by atoms with Gasteiger partial charge in [0.2, 0.25) is 0 Å². The SMILES string of the molecule is C[Si](Br)(Br)O[Si](Br)(Br)Br. The van der Waals surface area contributed by atoms with E-state index in [-0.39, 0.29) is 0 Å². The Kier molecular flexibility index (Phi) is 5.44. The van der Waals surface area contributed by atoms with Crippen molar-refractivity contribution in [3.05, 3.63) is 0 Å². The molecule has 0 bridgehead atoms. The smallest absolute Gasteiger partial charge is 0.400 e. The summed E-state index contributed by atoms with van der Waals surface area (Å²) in [6.07, 6.45) is 0. The molecular weight excluding hydrogens is 484 g/mol.